The van der Waals surface area contributed by atoms with Crippen molar-refractivity contribution < 1.29 is 24.5 Å². The van der Waals surface area contributed by atoms with Gasteiger partial charge < -0.3 is 20.3 Å². The summed E-state index contributed by atoms with van der Waals surface area (Å²) in [7, 11) is 0. The van der Waals surface area contributed by atoms with E-state index in [9.17, 15) is 19.8 Å². The molecule has 0 aliphatic rings. The van der Waals surface area contributed by atoms with Crippen molar-refractivity contribution in [1.29, 1.82) is 0 Å². The van der Waals surface area contributed by atoms with Gasteiger partial charge in [0.2, 0.25) is 5.91 Å². The van der Waals surface area contributed by atoms with Crippen molar-refractivity contribution in [2.24, 2.45) is 0 Å². The number of ether oxygens (including phenoxy) is 1. The molecule has 6 heteroatoms. The Morgan fingerprint density at radius 2 is 0.759 bits per heavy atom. The van der Waals surface area contributed by atoms with E-state index in [0.29, 0.717) is 25.9 Å². The van der Waals surface area contributed by atoms with Gasteiger partial charge in [-0.1, -0.05) is 232 Å². The number of esters is 1. The third kappa shape index (κ3) is 40.5. The lowest BCUT2D eigenvalue weighted by Gasteiger charge is -2.22. The van der Waals surface area contributed by atoms with E-state index in [1.807, 2.05) is 0 Å². The lowest BCUT2D eigenvalue weighted by molar-refractivity contribution is -0.143. The molecule has 0 saturated heterocycles. The first-order chi connectivity index (χ1) is 26.5. The summed E-state index contributed by atoms with van der Waals surface area (Å²) in [4.78, 5) is 24.4. The quantitative estimate of drug-likeness (QED) is 0.0424. The van der Waals surface area contributed by atoms with Gasteiger partial charge in [0.15, 0.2) is 0 Å². The minimum Gasteiger partial charge on any atom is -0.466 e. The fourth-order valence-corrected chi connectivity index (χ4v) is 7.64. The maximum absolute atomic E-state index is 12.4. The number of amides is 1. The number of aliphatic hydroxyl groups is 2. The number of hydrogen-bond donors (Lipinski definition) is 3. The van der Waals surface area contributed by atoms with Crippen LogP contribution in [0.4, 0.5) is 0 Å². The van der Waals surface area contributed by atoms with Crippen LogP contribution in [0.5, 0.6) is 0 Å². The summed E-state index contributed by atoms with van der Waals surface area (Å²) in [6.45, 7) is 4.91. The molecule has 0 aromatic carbocycles. The minimum absolute atomic E-state index is 0.0000146. The van der Waals surface area contributed by atoms with Gasteiger partial charge in [0.1, 0.15) is 0 Å². The molecule has 0 bridgehead atoms. The monoisotopic (exact) mass is 766 g/mol. The van der Waals surface area contributed by atoms with Crippen molar-refractivity contribution in [2.45, 2.75) is 283 Å². The van der Waals surface area contributed by atoms with E-state index in [4.69, 9.17) is 4.74 Å². The van der Waals surface area contributed by atoms with Crippen molar-refractivity contribution in [2.75, 3.05) is 13.2 Å². The second kappa shape index (κ2) is 44.6. The molecule has 6 nitrogen and oxygen atoms in total. The van der Waals surface area contributed by atoms with Gasteiger partial charge in [-0.15, -0.1) is 0 Å². The van der Waals surface area contributed by atoms with Crippen LogP contribution in [0.25, 0.3) is 0 Å². The number of nitrogens with one attached hydrogen (secondary N) is 1. The van der Waals surface area contributed by atoms with Gasteiger partial charge in [-0.25, -0.2) is 0 Å². The van der Waals surface area contributed by atoms with Crippen LogP contribution in [-0.2, 0) is 14.3 Å². The molecule has 0 radical (unpaired) electrons. The maximum atomic E-state index is 12.4. The zero-order chi connectivity index (χ0) is 39.4. The van der Waals surface area contributed by atoms with Gasteiger partial charge in [0.05, 0.1) is 25.4 Å². The van der Waals surface area contributed by atoms with Gasteiger partial charge in [-0.2, -0.15) is 0 Å². The second-order valence-corrected chi connectivity index (χ2v) is 16.8. The summed E-state index contributed by atoms with van der Waals surface area (Å²) in [5.41, 5.74) is 0. The Morgan fingerprint density at radius 1 is 0.444 bits per heavy atom. The molecule has 0 fully saturated rings. The summed E-state index contributed by atoms with van der Waals surface area (Å²) in [6, 6.07) is -0.545. The average molecular weight is 766 g/mol. The second-order valence-electron chi connectivity index (χ2n) is 16.8. The normalized spacial score (nSPS) is 12.6. The van der Waals surface area contributed by atoms with Crippen LogP contribution >= 0.6 is 0 Å². The van der Waals surface area contributed by atoms with E-state index in [1.54, 1.807) is 0 Å². The summed E-state index contributed by atoms with van der Waals surface area (Å²) in [6.07, 6.45) is 47.8. The SMILES string of the molecule is CCCCCCCCCCCCCCCCC(=O)OCCCCCCCCCCCCCCCCC(=O)NC(CO)C(O)CCCCCCCCCCC. The first kappa shape index (κ1) is 52.9. The third-order valence-corrected chi connectivity index (χ3v) is 11.4. The predicted molar refractivity (Wildman–Crippen MR) is 232 cm³/mol. The molecule has 0 aromatic heterocycles. The third-order valence-electron chi connectivity index (χ3n) is 11.4. The van der Waals surface area contributed by atoms with Crippen LogP contribution in [-0.4, -0.2) is 47.4 Å². The molecule has 54 heavy (non-hydrogen) atoms. The summed E-state index contributed by atoms with van der Waals surface area (Å²) in [5, 5.41) is 23.0. The lowest BCUT2D eigenvalue weighted by atomic mass is 10.0. The average Bonchev–Trinajstić information content (AvgIpc) is 3.17. The standard InChI is InChI=1S/C48H95NO5/c1-3-5-7-9-11-13-14-15-19-22-26-30-34-38-42-48(53)54-43-39-35-31-27-23-20-17-16-18-21-25-29-33-37-41-47(52)49-45(44-50)46(51)40-36-32-28-24-12-10-8-6-4-2/h45-46,50-51H,3-44H2,1-2H3,(H,49,52). The Morgan fingerprint density at radius 3 is 1.13 bits per heavy atom. The van der Waals surface area contributed by atoms with Crippen molar-refractivity contribution >= 4 is 11.9 Å². The van der Waals surface area contributed by atoms with Crippen LogP contribution in [0.15, 0.2) is 0 Å². The molecule has 2 unspecified atom stereocenters. The molecule has 0 saturated carbocycles. The van der Waals surface area contributed by atoms with Crippen molar-refractivity contribution in [3.05, 3.63) is 0 Å². The Bertz CT molecular complexity index is 761. The number of aliphatic hydroxyl groups excluding tert-OH is 2. The van der Waals surface area contributed by atoms with Crippen LogP contribution < -0.4 is 5.32 Å². The number of rotatable bonds is 45. The zero-order valence-corrected chi connectivity index (χ0v) is 36.5. The first-order valence-electron chi connectivity index (χ1n) is 24.3. The van der Waals surface area contributed by atoms with Crippen molar-refractivity contribution in [3.8, 4) is 0 Å². The van der Waals surface area contributed by atoms with Crippen LogP contribution in [0, 0.1) is 0 Å². The van der Waals surface area contributed by atoms with Crippen LogP contribution in [0.1, 0.15) is 271 Å². The highest BCUT2D eigenvalue weighted by atomic mass is 16.5. The summed E-state index contributed by atoms with van der Waals surface area (Å²) in [5.74, 6) is -0.0470. The van der Waals surface area contributed by atoms with E-state index in [0.717, 1.165) is 51.4 Å². The molecule has 0 spiro atoms. The number of hydrogen-bond acceptors (Lipinski definition) is 5. The Balaban J connectivity index is 3.40. The molecule has 0 rings (SSSR count). The highest BCUT2D eigenvalue weighted by molar-refractivity contribution is 5.76. The molecule has 0 aromatic rings. The van der Waals surface area contributed by atoms with E-state index < -0.39 is 12.1 Å². The Kier molecular flexibility index (Phi) is 43.6. The summed E-state index contributed by atoms with van der Waals surface area (Å²) < 4.78 is 5.46. The molecule has 1 amide bonds. The van der Waals surface area contributed by atoms with Crippen LogP contribution in [0.2, 0.25) is 0 Å². The fourth-order valence-electron chi connectivity index (χ4n) is 7.64. The smallest absolute Gasteiger partial charge is 0.305 e. The highest BCUT2D eigenvalue weighted by Gasteiger charge is 2.20. The first-order valence-corrected chi connectivity index (χ1v) is 24.3. The van der Waals surface area contributed by atoms with E-state index in [1.165, 1.54) is 186 Å². The molecular weight excluding hydrogens is 671 g/mol. The Hall–Kier alpha value is -1.14. The minimum atomic E-state index is -0.667. The molecular formula is C48H95NO5. The molecule has 2 atom stereocenters. The van der Waals surface area contributed by atoms with Gasteiger partial charge >= 0.3 is 5.97 Å². The molecule has 3 N–H and O–H groups in total. The fraction of sp³-hybridized carbons (Fsp3) is 0.958. The van der Waals surface area contributed by atoms with E-state index >= 15 is 0 Å². The predicted octanol–water partition coefficient (Wildman–Crippen LogP) is 14.0. The largest absolute Gasteiger partial charge is 0.466 e. The zero-order valence-electron chi connectivity index (χ0n) is 36.5. The molecule has 0 heterocycles. The maximum Gasteiger partial charge on any atom is 0.305 e. The van der Waals surface area contributed by atoms with Gasteiger partial charge in [0, 0.05) is 12.8 Å². The molecule has 322 valence electrons. The van der Waals surface area contributed by atoms with E-state index in [-0.39, 0.29) is 18.5 Å². The van der Waals surface area contributed by atoms with Gasteiger partial charge in [0.25, 0.3) is 0 Å². The topological polar surface area (TPSA) is 95.9 Å². The van der Waals surface area contributed by atoms with Crippen LogP contribution in [0.3, 0.4) is 0 Å². The van der Waals surface area contributed by atoms with Crippen molar-refractivity contribution in [1.82, 2.24) is 5.32 Å². The highest BCUT2D eigenvalue weighted by Crippen LogP contribution is 2.16. The Labute approximate surface area is 336 Å². The molecule has 0 aliphatic carbocycles. The lowest BCUT2D eigenvalue weighted by Crippen LogP contribution is -2.45. The number of carbonyl (C=O) groups excluding carboxylic acids is 2. The molecule has 0 aliphatic heterocycles. The van der Waals surface area contributed by atoms with Crippen molar-refractivity contribution in [3.63, 3.8) is 0 Å². The number of unbranched alkanes of at least 4 members (excludes halogenated alkanes) is 34. The van der Waals surface area contributed by atoms with E-state index in [2.05, 4.69) is 19.2 Å². The number of carbonyl (C=O) groups is 2. The summed E-state index contributed by atoms with van der Waals surface area (Å²) >= 11 is 0. The van der Waals surface area contributed by atoms with Gasteiger partial charge in [-0.3, -0.25) is 9.59 Å². The van der Waals surface area contributed by atoms with Gasteiger partial charge in [-0.05, 0) is 25.7 Å².